The quantitative estimate of drug-likeness (QED) is 0.220. The molecule has 0 bridgehead atoms. The molecule has 0 spiro atoms. The van der Waals surface area contributed by atoms with Gasteiger partial charge in [0.25, 0.3) is 0 Å². The second-order valence-electron chi connectivity index (χ2n) is 6.60. The van der Waals surface area contributed by atoms with Gasteiger partial charge in [0, 0.05) is 31.0 Å². The van der Waals surface area contributed by atoms with E-state index < -0.39 is 0 Å². The summed E-state index contributed by atoms with van der Waals surface area (Å²) in [6.45, 7) is 13.7. The van der Waals surface area contributed by atoms with Gasteiger partial charge in [0.15, 0.2) is 5.96 Å². The summed E-state index contributed by atoms with van der Waals surface area (Å²) < 4.78 is 7.17. The lowest BCUT2D eigenvalue weighted by atomic mass is 10.1. The summed E-state index contributed by atoms with van der Waals surface area (Å²) in [5.74, 6) is 0.884. The monoisotopic (exact) mass is 479 g/mol. The van der Waals surface area contributed by atoms with Gasteiger partial charge in [-0.2, -0.15) is 5.10 Å². The number of hydrogen-bond donors (Lipinski definition) is 2. The van der Waals surface area contributed by atoms with Gasteiger partial charge in [-0.3, -0.25) is 4.68 Å². The number of methoxy groups -OCH3 is 1. The van der Waals surface area contributed by atoms with Crippen molar-refractivity contribution in [1.82, 2.24) is 20.4 Å². The fourth-order valence-corrected chi connectivity index (χ4v) is 2.84. The molecule has 1 heterocycles. The molecule has 1 rings (SSSR count). The van der Waals surface area contributed by atoms with Crippen LogP contribution in [0.5, 0.6) is 0 Å². The zero-order valence-corrected chi connectivity index (χ0v) is 19.7. The molecule has 152 valence electrons. The van der Waals surface area contributed by atoms with Crippen LogP contribution in [0.4, 0.5) is 0 Å². The van der Waals surface area contributed by atoms with Gasteiger partial charge in [-0.1, -0.05) is 26.2 Å². The highest BCUT2D eigenvalue weighted by Gasteiger charge is 2.12. The number of ether oxygens (including phenoxy) is 1. The van der Waals surface area contributed by atoms with Gasteiger partial charge in [0.1, 0.15) is 0 Å². The Kier molecular flexibility index (Phi) is 13.8. The fraction of sp³-hybridized carbons (Fsp3) is 0.789. The van der Waals surface area contributed by atoms with Crippen molar-refractivity contribution in [3.05, 3.63) is 17.0 Å². The number of nitrogens with zero attached hydrogens (tertiary/aromatic N) is 3. The highest BCUT2D eigenvalue weighted by Crippen LogP contribution is 2.14. The van der Waals surface area contributed by atoms with Crippen LogP contribution in [0.1, 0.15) is 63.4 Å². The molecule has 0 aliphatic rings. The van der Waals surface area contributed by atoms with Crippen molar-refractivity contribution < 1.29 is 4.74 Å². The zero-order valence-electron chi connectivity index (χ0n) is 17.4. The molecule has 0 radical (unpaired) electrons. The molecule has 6 nitrogen and oxygen atoms in total. The first-order valence-electron chi connectivity index (χ1n) is 9.60. The molecule has 0 amide bonds. The van der Waals surface area contributed by atoms with Crippen LogP contribution in [-0.4, -0.2) is 42.0 Å². The SMILES string of the molecule is CCCCCC(C)NC(=NCc1c(C)nn(CCOC)c1C)NCC.I. The maximum Gasteiger partial charge on any atom is 0.191 e. The van der Waals surface area contributed by atoms with Crippen molar-refractivity contribution in [3.63, 3.8) is 0 Å². The van der Waals surface area contributed by atoms with Gasteiger partial charge >= 0.3 is 0 Å². The van der Waals surface area contributed by atoms with Crippen LogP contribution in [0, 0.1) is 13.8 Å². The molecule has 7 heteroatoms. The van der Waals surface area contributed by atoms with Gasteiger partial charge in [0.05, 0.1) is 25.4 Å². The van der Waals surface area contributed by atoms with E-state index in [0.29, 0.717) is 19.2 Å². The van der Waals surface area contributed by atoms with Crippen LogP contribution in [0.3, 0.4) is 0 Å². The Morgan fingerprint density at radius 1 is 1.27 bits per heavy atom. The Labute approximate surface area is 176 Å². The molecule has 1 unspecified atom stereocenters. The van der Waals surface area contributed by atoms with E-state index in [-0.39, 0.29) is 24.0 Å². The van der Waals surface area contributed by atoms with Gasteiger partial charge in [0.2, 0.25) is 0 Å². The topological polar surface area (TPSA) is 63.5 Å². The summed E-state index contributed by atoms with van der Waals surface area (Å²) in [6, 6.07) is 0.427. The summed E-state index contributed by atoms with van der Waals surface area (Å²) >= 11 is 0. The van der Waals surface area contributed by atoms with E-state index >= 15 is 0 Å². The summed E-state index contributed by atoms with van der Waals surface area (Å²) in [6.07, 6.45) is 4.98. The smallest absolute Gasteiger partial charge is 0.191 e. The van der Waals surface area contributed by atoms with Crippen molar-refractivity contribution in [3.8, 4) is 0 Å². The van der Waals surface area contributed by atoms with Crippen molar-refractivity contribution in [2.45, 2.75) is 79.4 Å². The average molecular weight is 479 g/mol. The van der Waals surface area contributed by atoms with E-state index in [1.807, 2.05) is 4.68 Å². The number of rotatable bonds is 11. The maximum absolute atomic E-state index is 5.16. The fourth-order valence-electron chi connectivity index (χ4n) is 2.84. The van der Waals surface area contributed by atoms with Crippen molar-refractivity contribution >= 4 is 29.9 Å². The summed E-state index contributed by atoms with van der Waals surface area (Å²) in [7, 11) is 1.72. The first-order valence-corrected chi connectivity index (χ1v) is 9.60. The van der Waals surface area contributed by atoms with E-state index in [4.69, 9.17) is 9.73 Å². The molecule has 0 aliphatic heterocycles. The van der Waals surface area contributed by atoms with E-state index in [9.17, 15) is 0 Å². The number of aliphatic imine (C=N–C) groups is 1. The minimum Gasteiger partial charge on any atom is -0.383 e. The van der Waals surface area contributed by atoms with Gasteiger partial charge in [-0.05, 0) is 34.1 Å². The molecule has 0 saturated heterocycles. The maximum atomic E-state index is 5.16. The molecule has 1 aromatic heterocycles. The molecular formula is C19H38IN5O. The largest absolute Gasteiger partial charge is 0.383 e. The Hall–Kier alpha value is -0.830. The molecule has 0 aromatic carbocycles. The second-order valence-corrected chi connectivity index (χ2v) is 6.60. The normalized spacial score (nSPS) is 12.6. The molecule has 26 heavy (non-hydrogen) atoms. The lowest BCUT2D eigenvalue weighted by Crippen LogP contribution is -2.42. The molecular weight excluding hydrogens is 441 g/mol. The third-order valence-corrected chi connectivity index (χ3v) is 4.40. The Morgan fingerprint density at radius 2 is 2.00 bits per heavy atom. The van der Waals surface area contributed by atoms with Crippen LogP contribution < -0.4 is 10.6 Å². The molecule has 0 saturated carbocycles. The lowest BCUT2D eigenvalue weighted by molar-refractivity contribution is 0.182. The van der Waals surface area contributed by atoms with Crippen LogP contribution in [0.15, 0.2) is 4.99 Å². The highest BCUT2D eigenvalue weighted by atomic mass is 127. The average Bonchev–Trinajstić information content (AvgIpc) is 2.85. The van der Waals surface area contributed by atoms with Crippen LogP contribution >= 0.6 is 24.0 Å². The lowest BCUT2D eigenvalue weighted by Gasteiger charge is -2.17. The third kappa shape index (κ3) is 8.70. The first kappa shape index (κ1) is 25.2. The molecule has 0 fully saturated rings. The van der Waals surface area contributed by atoms with Gasteiger partial charge in [-0.15, -0.1) is 24.0 Å². The van der Waals surface area contributed by atoms with Gasteiger partial charge in [-0.25, -0.2) is 4.99 Å². The second kappa shape index (κ2) is 14.3. The van der Waals surface area contributed by atoms with Crippen LogP contribution in [0.2, 0.25) is 0 Å². The summed E-state index contributed by atoms with van der Waals surface area (Å²) in [4.78, 5) is 4.78. The number of hydrogen-bond acceptors (Lipinski definition) is 3. The number of halogens is 1. The number of aromatic nitrogens is 2. The van der Waals surface area contributed by atoms with Crippen molar-refractivity contribution in [2.24, 2.45) is 4.99 Å². The van der Waals surface area contributed by atoms with E-state index in [1.54, 1.807) is 7.11 Å². The van der Waals surface area contributed by atoms with E-state index in [0.717, 1.165) is 24.7 Å². The minimum absolute atomic E-state index is 0. The molecule has 2 N–H and O–H groups in total. The predicted octanol–water partition coefficient (Wildman–Crippen LogP) is 3.79. The van der Waals surface area contributed by atoms with Crippen molar-refractivity contribution in [1.29, 1.82) is 0 Å². The van der Waals surface area contributed by atoms with Gasteiger partial charge < -0.3 is 15.4 Å². The summed E-state index contributed by atoms with van der Waals surface area (Å²) in [5.41, 5.74) is 3.42. The first-order chi connectivity index (χ1) is 12.0. The predicted molar refractivity (Wildman–Crippen MR) is 121 cm³/mol. The molecule has 1 aromatic rings. The number of unbranched alkanes of at least 4 members (excludes halogenated alkanes) is 2. The molecule has 0 aliphatic carbocycles. The third-order valence-electron chi connectivity index (χ3n) is 4.40. The molecule has 1 atom stereocenters. The standard InChI is InChI=1S/C19H37N5O.HI/c1-7-9-10-11-15(3)22-19(20-8-2)21-14-18-16(4)23-24(17(18)5)12-13-25-6;/h15H,7-14H2,1-6H3,(H2,20,21,22);1H. The van der Waals surface area contributed by atoms with E-state index in [2.05, 4.69) is 50.4 Å². The Bertz CT molecular complexity index is 530. The number of guanidine groups is 1. The number of aryl methyl sites for hydroxylation is 1. The van der Waals surface area contributed by atoms with Crippen molar-refractivity contribution in [2.75, 3.05) is 20.3 Å². The van der Waals surface area contributed by atoms with Crippen LogP contribution in [0.25, 0.3) is 0 Å². The number of nitrogens with one attached hydrogen (secondary N) is 2. The Balaban J connectivity index is 0.00000625. The van der Waals surface area contributed by atoms with E-state index in [1.165, 1.54) is 36.9 Å². The zero-order chi connectivity index (χ0) is 18.7. The highest BCUT2D eigenvalue weighted by molar-refractivity contribution is 14.0. The summed E-state index contributed by atoms with van der Waals surface area (Å²) in [5, 5.41) is 11.5. The van der Waals surface area contributed by atoms with Crippen LogP contribution in [-0.2, 0) is 17.8 Å². The Morgan fingerprint density at radius 3 is 2.62 bits per heavy atom. The minimum atomic E-state index is 0.